The fourth-order valence-corrected chi connectivity index (χ4v) is 3.28. The van der Waals surface area contributed by atoms with E-state index in [0.29, 0.717) is 17.7 Å². The van der Waals surface area contributed by atoms with Crippen LogP contribution in [0, 0.1) is 6.92 Å². The quantitative estimate of drug-likeness (QED) is 0.786. The Balaban J connectivity index is 2.01. The van der Waals surface area contributed by atoms with Crippen LogP contribution >= 0.6 is 11.8 Å². The van der Waals surface area contributed by atoms with Crippen molar-refractivity contribution in [3.8, 4) is 0 Å². The molecule has 114 valence electrons. The number of hydrogen-bond donors (Lipinski definition) is 3. The van der Waals surface area contributed by atoms with E-state index in [2.05, 4.69) is 16.0 Å². The topological polar surface area (TPSA) is 70.2 Å². The van der Waals surface area contributed by atoms with Gasteiger partial charge in [-0.25, -0.2) is 0 Å². The van der Waals surface area contributed by atoms with E-state index in [1.54, 1.807) is 19.2 Å². The van der Waals surface area contributed by atoms with Crippen LogP contribution in [0.25, 0.3) is 0 Å². The Labute approximate surface area is 129 Å². The fourth-order valence-electron chi connectivity index (χ4n) is 2.33. The molecule has 0 aromatic heterocycles. The molecular formula is C15H21N3O2S. The minimum absolute atomic E-state index is 0.0212. The molecule has 1 unspecified atom stereocenters. The van der Waals surface area contributed by atoms with Crippen LogP contribution in [-0.4, -0.2) is 43.0 Å². The molecule has 0 spiro atoms. The zero-order chi connectivity index (χ0) is 15.2. The molecule has 5 nitrogen and oxygen atoms in total. The maximum atomic E-state index is 12.1. The van der Waals surface area contributed by atoms with Crippen LogP contribution in [0.2, 0.25) is 0 Å². The van der Waals surface area contributed by atoms with Gasteiger partial charge in [0.15, 0.2) is 0 Å². The van der Waals surface area contributed by atoms with Crippen LogP contribution < -0.4 is 16.0 Å². The van der Waals surface area contributed by atoms with Gasteiger partial charge >= 0.3 is 0 Å². The molecule has 2 rings (SSSR count). The second-order valence-corrected chi connectivity index (χ2v) is 6.19. The molecule has 1 aromatic carbocycles. The summed E-state index contributed by atoms with van der Waals surface area (Å²) >= 11 is 1.87. The first-order valence-corrected chi connectivity index (χ1v) is 8.20. The largest absolute Gasteiger partial charge is 0.355 e. The molecular weight excluding hydrogens is 286 g/mol. The third-order valence-corrected chi connectivity index (χ3v) is 4.64. The molecule has 0 aliphatic carbocycles. The smallest absolute Gasteiger partial charge is 0.251 e. The Morgan fingerprint density at radius 1 is 1.43 bits per heavy atom. The van der Waals surface area contributed by atoms with Crippen molar-refractivity contribution in [2.75, 3.05) is 30.4 Å². The zero-order valence-electron chi connectivity index (χ0n) is 12.4. The van der Waals surface area contributed by atoms with E-state index < -0.39 is 0 Å². The molecule has 1 atom stereocenters. The first-order chi connectivity index (χ1) is 10.1. The standard InChI is InChI=1S/C15H21N3O2S/c1-10-12(15(20)16-2)4-3-5-13(10)18-14(19)8-11-9-21-7-6-17-11/h3-5,11,17H,6-9H2,1-2H3,(H,16,20)(H,18,19). The lowest BCUT2D eigenvalue weighted by molar-refractivity contribution is -0.116. The van der Waals surface area contributed by atoms with E-state index in [-0.39, 0.29) is 17.9 Å². The predicted octanol–water partition coefficient (Wildman–Crippen LogP) is 1.39. The highest BCUT2D eigenvalue weighted by atomic mass is 32.2. The molecule has 21 heavy (non-hydrogen) atoms. The number of carbonyl (C=O) groups is 2. The van der Waals surface area contributed by atoms with Crippen molar-refractivity contribution in [1.29, 1.82) is 0 Å². The number of thioether (sulfide) groups is 1. The van der Waals surface area contributed by atoms with Gasteiger partial charge in [0.1, 0.15) is 0 Å². The molecule has 1 aliphatic heterocycles. The van der Waals surface area contributed by atoms with Gasteiger partial charge in [0, 0.05) is 48.8 Å². The van der Waals surface area contributed by atoms with Crippen molar-refractivity contribution in [2.45, 2.75) is 19.4 Å². The molecule has 2 amide bonds. The summed E-state index contributed by atoms with van der Waals surface area (Å²) in [4.78, 5) is 23.9. The molecule has 1 heterocycles. The number of hydrogen-bond acceptors (Lipinski definition) is 4. The van der Waals surface area contributed by atoms with E-state index in [0.717, 1.165) is 23.6 Å². The van der Waals surface area contributed by atoms with Crippen molar-refractivity contribution in [1.82, 2.24) is 10.6 Å². The van der Waals surface area contributed by atoms with E-state index in [9.17, 15) is 9.59 Å². The summed E-state index contributed by atoms with van der Waals surface area (Å²) in [6, 6.07) is 5.58. The third-order valence-electron chi connectivity index (χ3n) is 3.51. The van der Waals surface area contributed by atoms with Crippen LogP contribution in [0.5, 0.6) is 0 Å². The Hall–Kier alpha value is -1.53. The Morgan fingerprint density at radius 3 is 2.90 bits per heavy atom. The number of nitrogens with one attached hydrogen (secondary N) is 3. The maximum Gasteiger partial charge on any atom is 0.251 e. The number of anilines is 1. The Bertz CT molecular complexity index is 528. The molecule has 1 fully saturated rings. The van der Waals surface area contributed by atoms with Crippen LogP contribution in [0.1, 0.15) is 22.3 Å². The summed E-state index contributed by atoms with van der Waals surface area (Å²) in [6.07, 6.45) is 0.455. The summed E-state index contributed by atoms with van der Waals surface area (Å²) in [7, 11) is 1.60. The molecule has 0 bridgehead atoms. The molecule has 0 saturated carbocycles. The average molecular weight is 307 g/mol. The van der Waals surface area contributed by atoms with E-state index in [1.807, 2.05) is 24.8 Å². The van der Waals surface area contributed by atoms with Crippen LogP contribution in [0.4, 0.5) is 5.69 Å². The van der Waals surface area contributed by atoms with Crippen LogP contribution in [-0.2, 0) is 4.79 Å². The molecule has 0 radical (unpaired) electrons. The number of carbonyl (C=O) groups excluding carboxylic acids is 2. The molecule has 1 aromatic rings. The van der Waals surface area contributed by atoms with Gasteiger partial charge in [-0.15, -0.1) is 0 Å². The van der Waals surface area contributed by atoms with E-state index in [4.69, 9.17) is 0 Å². The summed E-state index contributed by atoms with van der Waals surface area (Å²) in [5.74, 6) is 1.90. The SMILES string of the molecule is CNC(=O)c1cccc(NC(=O)CC2CSCCN2)c1C. The lowest BCUT2D eigenvalue weighted by atomic mass is 10.1. The Kier molecular flexibility index (Phi) is 5.64. The van der Waals surface area contributed by atoms with E-state index in [1.165, 1.54) is 0 Å². The number of amides is 2. The van der Waals surface area contributed by atoms with Gasteiger partial charge in [-0.1, -0.05) is 6.07 Å². The van der Waals surface area contributed by atoms with Gasteiger partial charge in [0.2, 0.25) is 5.91 Å². The minimum Gasteiger partial charge on any atom is -0.355 e. The molecule has 1 saturated heterocycles. The highest BCUT2D eigenvalue weighted by Gasteiger charge is 2.18. The van der Waals surface area contributed by atoms with Crippen molar-refractivity contribution in [2.24, 2.45) is 0 Å². The molecule has 1 aliphatic rings. The van der Waals surface area contributed by atoms with Gasteiger partial charge in [0.05, 0.1) is 0 Å². The summed E-state index contributed by atoms with van der Waals surface area (Å²) in [5.41, 5.74) is 2.07. The Morgan fingerprint density at radius 2 is 2.24 bits per heavy atom. The zero-order valence-corrected chi connectivity index (χ0v) is 13.2. The normalized spacial score (nSPS) is 18.1. The minimum atomic E-state index is -0.144. The second-order valence-electron chi connectivity index (χ2n) is 5.04. The summed E-state index contributed by atoms with van der Waals surface area (Å²) < 4.78 is 0. The summed E-state index contributed by atoms with van der Waals surface area (Å²) in [5, 5.41) is 8.86. The van der Waals surface area contributed by atoms with Crippen molar-refractivity contribution >= 4 is 29.3 Å². The monoisotopic (exact) mass is 307 g/mol. The first-order valence-electron chi connectivity index (χ1n) is 7.04. The van der Waals surface area contributed by atoms with Gasteiger partial charge < -0.3 is 16.0 Å². The number of rotatable bonds is 4. The molecule has 6 heteroatoms. The van der Waals surface area contributed by atoms with Gasteiger partial charge in [-0.2, -0.15) is 11.8 Å². The van der Waals surface area contributed by atoms with Crippen LogP contribution in [0.3, 0.4) is 0 Å². The number of benzene rings is 1. The van der Waals surface area contributed by atoms with Crippen molar-refractivity contribution in [3.63, 3.8) is 0 Å². The third kappa shape index (κ3) is 4.22. The van der Waals surface area contributed by atoms with Gasteiger partial charge in [-0.3, -0.25) is 9.59 Å². The maximum absolute atomic E-state index is 12.1. The lowest BCUT2D eigenvalue weighted by Crippen LogP contribution is -2.40. The van der Waals surface area contributed by atoms with Gasteiger partial charge in [0.25, 0.3) is 5.91 Å². The first kappa shape index (κ1) is 15.9. The highest BCUT2D eigenvalue weighted by molar-refractivity contribution is 7.99. The van der Waals surface area contributed by atoms with Crippen LogP contribution in [0.15, 0.2) is 18.2 Å². The lowest BCUT2D eigenvalue weighted by Gasteiger charge is -2.22. The predicted molar refractivity (Wildman–Crippen MR) is 86.9 cm³/mol. The fraction of sp³-hybridized carbons (Fsp3) is 0.467. The average Bonchev–Trinajstić information content (AvgIpc) is 2.49. The highest BCUT2D eigenvalue weighted by Crippen LogP contribution is 2.19. The van der Waals surface area contributed by atoms with Crippen molar-refractivity contribution in [3.05, 3.63) is 29.3 Å². The van der Waals surface area contributed by atoms with Gasteiger partial charge in [-0.05, 0) is 24.6 Å². The van der Waals surface area contributed by atoms with E-state index >= 15 is 0 Å². The second kappa shape index (κ2) is 7.47. The van der Waals surface area contributed by atoms with Crippen molar-refractivity contribution < 1.29 is 9.59 Å². The molecule has 3 N–H and O–H groups in total. The summed E-state index contributed by atoms with van der Waals surface area (Å²) in [6.45, 7) is 2.79.